The van der Waals surface area contributed by atoms with Crippen LogP contribution < -0.4 is 25.6 Å². The van der Waals surface area contributed by atoms with Crippen molar-refractivity contribution >= 4 is 29.3 Å². The first-order valence-corrected chi connectivity index (χ1v) is 11.7. The van der Waals surface area contributed by atoms with Crippen LogP contribution in [-0.4, -0.2) is 54.7 Å². The Morgan fingerprint density at radius 3 is 2.81 bits per heavy atom. The fourth-order valence-electron chi connectivity index (χ4n) is 5.40. The van der Waals surface area contributed by atoms with E-state index in [0.717, 1.165) is 61.7 Å². The fraction of sp³-hybridized carbons (Fsp3) is 0.522. The van der Waals surface area contributed by atoms with Gasteiger partial charge in [-0.15, -0.1) is 0 Å². The Kier molecular flexibility index (Phi) is 4.87. The van der Waals surface area contributed by atoms with Gasteiger partial charge in [-0.2, -0.15) is 4.98 Å². The van der Waals surface area contributed by atoms with Gasteiger partial charge in [0.05, 0.1) is 12.1 Å². The number of rotatable bonds is 7. The van der Waals surface area contributed by atoms with Crippen LogP contribution in [0.1, 0.15) is 28.8 Å². The van der Waals surface area contributed by atoms with Crippen molar-refractivity contribution in [2.24, 2.45) is 17.8 Å². The lowest BCUT2D eigenvalue weighted by atomic mass is 10.1. The van der Waals surface area contributed by atoms with Crippen molar-refractivity contribution in [3.63, 3.8) is 0 Å². The number of hydrogen-bond acceptors (Lipinski definition) is 7. The molecular formula is C23H27ClN6O2. The number of aromatic nitrogens is 2. The molecular weight excluding hydrogens is 428 g/mol. The average Bonchev–Trinajstić information content (AvgIpc) is 3.63. The highest BCUT2D eigenvalue weighted by Crippen LogP contribution is 2.75. The lowest BCUT2D eigenvalue weighted by Crippen LogP contribution is -2.43. The average molecular weight is 455 g/mol. The van der Waals surface area contributed by atoms with Gasteiger partial charge < -0.3 is 25.6 Å². The van der Waals surface area contributed by atoms with E-state index in [0.29, 0.717) is 34.7 Å². The summed E-state index contributed by atoms with van der Waals surface area (Å²) in [6, 6.07) is 6.44. The van der Waals surface area contributed by atoms with Crippen LogP contribution in [0.4, 0.5) is 11.8 Å². The third-order valence-corrected chi connectivity index (χ3v) is 7.63. The summed E-state index contributed by atoms with van der Waals surface area (Å²) in [4.78, 5) is 24.8. The van der Waals surface area contributed by atoms with E-state index in [-0.39, 0.29) is 11.9 Å². The number of carbonyl (C=O) groups is 1. The lowest BCUT2D eigenvalue weighted by molar-refractivity contribution is 0.0929. The Balaban J connectivity index is 1.23. The van der Waals surface area contributed by atoms with Gasteiger partial charge in [0.15, 0.2) is 0 Å². The van der Waals surface area contributed by atoms with Crippen molar-refractivity contribution in [2.75, 3.05) is 37.0 Å². The van der Waals surface area contributed by atoms with Gasteiger partial charge >= 0.3 is 0 Å². The number of nitrogens with one attached hydrogen (secondary N) is 3. The molecule has 3 saturated heterocycles. The minimum absolute atomic E-state index is 0.130. The molecule has 5 fully saturated rings. The van der Waals surface area contributed by atoms with Gasteiger partial charge in [0.2, 0.25) is 5.95 Å². The summed E-state index contributed by atoms with van der Waals surface area (Å²) in [6.45, 7) is 3.37. The normalized spacial score (nSPS) is 27.6. The summed E-state index contributed by atoms with van der Waals surface area (Å²) in [5.41, 5.74) is 1.46. The zero-order chi connectivity index (χ0) is 21.8. The third kappa shape index (κ3) is 3.46. The highest BCUT2D eigenvalue weighted by Gasteiger charge is 2.81. The molecule has 32 heavy (non-hydrogen) atoms. The Morgan fingerprint density at radius 2 is 2.12 bits per heavy atom. The minimum atomic E-state index is -0.130. The number of carbonyl (C=O) groups excluding carboxylic acids is 1. The molecule has 8 nitrogen and oxygen atoms in total. The molecule has 2 saturated carbocycles. The van der Waals surface area contributed by atoms with Gasteiger partial charge in [0.25, 0.3) is 5.91 Å². The maximum Gasteiger partial charge on any atom is 0.256 e. The van der Waals surface area contributed by atoms with E-state index in [1.165, 1.54) is 0 Å². The zero-order valence-corrected chi connectivity index (χ0v) is 18.7. The first kappa shape index (κ1) is 20.1. The minimum Gasteiger partial charge on any atom is -0.495 e. The van der Waals surface area contributed by atoms with Gasteiger partial charge in [-0.1, -0.05) is 17.7 Å². The van der Waals surface area contributed by atoms with Gasteiger partial charge in [-0.25, -0.2) is 4.98 Å². The quantitative estimate of drug-likeness (QED) is 0.591. The van der Waals surface area contributed by atoms with Crippen LogP contribution in [0, 0.1) is 17.8 Å². The second kappa shape index (κ2) is 7.78. The van der Waals surface area contributed by atoms with E-state index in [4.69, 9.17) is 21.3 Å². The Morgan fingerprint density at radius 1 is 1.31 bits per heavy atom. The van der Waals surface area contributed by atoms with E-state index in [9.17, 15) is 4.79 Å². The second-order valence-corrected chi connectivity index (χ2v) is 9.62. The lowest BCUT2D eigenvalue weighted by Gasteiger charge is -2.24. The molecule has 2 aliphatic carbocycles. The molecule has 2 aromatic rings. The number of amides is 1. The Hall–Kier alpha value is -2.58. The first-order chi connectivity index (χ1) is 15.6. The molecule has 2 bridgehead atoms. The fourth-order valence-corrected chi connectivity index (χ4v) is 5.68. The van der Waals surface area contributed by atoms with Crippen LogP contribution in [0.3, 0.4) is 0 Å². The number of hydrogen-bond donors (Lipinski definition) is 3. The van der Waals surface area contributed by atoms with Crippen LogP contribution in [-0.2, 0) is 6.54 Å². The molecule has 3 N–H and O–H groups in total. The van der Waals surface area contributed by atoms with Crippen LogP contribution >= 0.6 is 11.6 Å². The number of nitrogens with zero attached hydrogens (tertiary/aromatic N) is 3. The molecule has 5 aliphatic rings. The largest absolute Gasteiger partial charge is 0.495 e. The van der Waals surface area contributed by atoms with Gasteiger partial charge in [0.1, 0.15) is 17.1 Å². The standard InChI is InChI=1S/C23H27ClN6O2/c1-32-17-3-2-12(8-16(17)24)9-26-21-14(22(31)28-13-4-6-25-7-5-13)10-27-23(29-21)30-11-15-18-19(15)20(18)30/h2-3,8,10,13,15,18-20,25H,4-7,9,11H2,1H3,(H,28,31)(H,26,27,29). The zero-order valence-electron chi connectivity index (χ0n) is 18.0. The van der Waals surface area contributed by atoms with E-state index < -0.39 is 0 Å². The number of methoxy groups -OCH3 is 1. The van der Waals surface area contributed by atoms with Gasteiger partial charge in [-0.05, 0) is 61.4 Å². The molecule has 1 aromatic heterocycles. The number of ether oxygens (including phenoxy) is 1. The molecule has 168 valence electrons. The number of halogens is 1. The molecule has 7 rings (SSSR count). The third-order valence-electron chi connectivity index (χ3n) is 7.34. The summed E-state index contributed by atoms with van der Waals surface area (Å²) in [5, 5.41) is 10.4. The molecule has 1 amide bonds. The van der Waals surface area contributed by atoms with Crippen molar-refractivity contribution in [2.45, 2.75) is 31.5 Å². The predicted octanol–water partition coefficient (Wildman–Crippen LogP) is 2.30. The predicted molar refractivity (Wildman–Crippen MR) is 122 cm³/mol. The highest BCUT2D eigenvalue weighted by atomic mass is 35.5. The van der Waals surface area contributed by atoms with E-state index in [1.807, 2.05) is 18.2 Å². The molecule has 2 unspecified atom stereocenters. The number of anilines is 2. The smallest absolute Gasteiger partial charge is 0.256 e. The molecule has 3 aliphatic heterocycles. The molecule has 9 heteroatoms. The van der Waals surface area contributed by atoms with E-state index >= 15 is 0 Å². The molecule has 4 heterocycles. The van der Waals surface area contributed by atoms with Crippen LogP contribution in [0.5, 0.6) is 5.75 Å². The van der Waals surface area contributed by atoms with Crippen molar-refractivity contribution < 1.29 is 9.53 Å². The van der Waals surface area contributed by atoms with E-state index in [1.54, 1.807) is 13.3 Å². The molecule has 1 aromatic carbocycles. The molecule has 2 atom stereocenters. The van der Waals surface area contributed by atoms with E-state index in [2.05, 4.69) is 25.8 Å². The summed E-state index contributed by atoms with van der Waals surface area (Å²) < 4.78 is 5.24. The summed E-state index contributed by atoms with van der Waals surface area (Å²) in [7, 11) is 1.60. The van der Waals surface area contributed by atoms with Crippen LogP contribution in [0.25, 0.3) is 0 Å². The summed E-state index contributed by atoms with van der Waals surface area (Å²) in [6.07, 6.45) is 3.53. The number of fused-ring (bicyclic) bond motifs is 1. The maximum atomic E-state index is 13.1. The summed E-state index contributed by atoms with van der Waals surface area (Å²) >= 11 is 6.28. The van der Waals surface area contributed by atoms with Gasteiger partial charge in [0, 0.05) is 31.4 Å². The Bertz CT molecular complexity index is 1040. The second-order valence-electron chi connectivity index (χ2n) is 9.21. The Labute approximate surface area is 192 Å². The van der Waals surface area contributed by atoms with Crippen molar-refractivity contribution in [1.82, 2.24) is 20.6 Å². The van der Waals surface area contributed by atoms with Crippen molar-refractivity contribution in [1.29, 1.82) is 0 Å². The molecule has 0 spiro atoms. The van der Waals surface area contributed by atoms with Crippen LogP contribution in [0.2, 0.25) is 5.02 Å². The summed E-state index contributed by atoms with van der Waals surface area (Å²) in [5.74, 6) is 4.35. The van der Waals surface area contributed by atoms with Crippen molar-refractivity contribution in [3.8, 4) is 5.75 Å². The maximum absolute atomic E-state index is 13.1. The van der Waals surface area contributed by atoms with Gasteiger partial charge in [-0.3, -0.25) is 4.79 Å². The van der Waals surface area contributed by atoms with Crippen LogP contribution in [0.15, 0.2) is 24.4 Å². The number of piperidine rings is 2. The topological polar surface area (TPSA) is 91.4 Å². The van der Waals surface area contributed by atoms with Crippen molar-refractivity contribution in [3.05, 3.63) is 40.5 Å². The highest BCUT2D eigenvalue weighted by molar-refractivity contribution is 6.32. The SMILES string of the molecule is COc1ccc(CNc2nc(N3CC4C5C4C53)ncc2C(=O)NC2CCNCC2)cc1Cl. The first-order valence-electron chi connectivity index (χ1n) is 11.4. The monoisotopic (exact) mass is 454 g/mol. The number of benzene rings is 1. The molecule has 0 radical (unpaired) electrons.